The zero-order valence-electron chi connectivity index (χ0n) is 8.99. The van der Waals surface area contributed by atoms with E-state index in [0.717, 1.165) is 29.0 Å². The maximum absolute atomic E-state index is 10.9. The minimum Gasteiger partial charge on any atom is -0.481 e. The SMILES string of the molecule is O=C(O)CC1CCc2sc3c(c21)C(Cl)=NCN3. The van der Waals surface area contributed by atoms with Crippen LogP contribution in [0.3, 0.4) is 0 Å². The minimum atomic E-state index is -0.750. The van der Waals surface area contributed by atoms with Crippen LogP contribution in [0.2, 0.25) is 0 Å². The molecule has 3 rings (SSSR count). The van der Waals surface area contributed by atoms with Crippen molar-refractivity contribution in [1.82, 2.24) is 0 Å². The first-order chi connectivity index (χ1) is 8.16. The molecule has 2 N–H and O–H groups in total. The summed E-state index contributed by atoms with van der Waals surface area (Å²) in [6.07, 6.45) is 2.04. The molecule has 0 spiro atoms. The molecular formula is C11H11ClN2O2S. The Morgan fingerprint density at radius 3 is 3.24 bits per heavy atom. The number of nitrogens with zero attached hydrogens (tertiary/aromatic N) is 1. The van der Waals surface area contributed by atoms with Gasteiger partial charge in [-0.2, -0.15) is 0 Å². The number of carboxylic acids is 1. The van der Waals surface area contributed by atoms with E-state index in [4.69, 9.17) is 16.7 Å². The van der Waals surface area contributed by atoms with Crippen molar-refractivity contribution in [3.05, 3.63) is 16.0 Å². The molecule has 1 aromatic rings. The standard InChI is InChI=1S/C11H11ClN2O2S/c12-10-9-8-5(3-7(15)16)1-2-6(8)17-11(9)14-4-13-10/h5,14H,1-4H2,(H,15,16). The van der Waals surface area contributed by atoms with Gasteiger partial charge in [0.2, 0.25) is 0 Å². The second-order valence-corrected chi connectivity index (χ2v) is 5.72. The van der Waals surface area contributed by atoms with Crippen molar-refractivity contribution in [2.75, 3.05) is 12.0 Å². The van der Waals surface area contributed by atoms with E-state index in [1.54, 1.807) is 11.3 Å². The fourth-order valence-electron chi connectivity index (χ4n) is 2.56. The fraction of sp³-hybridized carbons (Fsp3) is 0.455. The summed E-state index contributed by atoms with van der Waals surface area (Å²) in [7, 11) is 0. The number of aryl methyl sites for hydroxylation is 1. The van der Waals surface area contributed by atoms with Crippen LogP contribution in [0.5, 0.6) is 0 Å². The van der Waals surface area contributed by atoms with E-state index in [1.165, 1.54) is 4.88 Å². The molecule has 6 heteroatoms. The molecule has 1 aliphatic carbocycles. The largest absolute Gasteiger partial charge is 0.481 e. The summed E-state index contributed by atoms with van der Waals surface area (Å²) in [5.74, 6) is -0.661. The van der Waals surface area contributed by atoms with Gasteiger partial charge >= 0.3 is 5.97 Å². The number of anilines is 1. The van der Waals surface area contributed by atoms with E-state index in [0.29, 0.717) is 11.8 Å². The van der Waals surface area contributed by atoms with Crippen LogP contribution < -0.4 is 5.32 Å². The number of nitrogens with one attached hydrogen (secondary N) is 1. The third kappa shape index (κ3) is 1.73. The molecule has 90 valence electrons. The first-order valence-corrected chi connectivity index (χ1v) is 6.68. The molecule has 1 atom stereocenters. The molecule has 0 radical (unpaired) electrons. The predicted octanol–water partition coefficient (Wildman–Crippen LogP) is 2.62. The number of carboxylic acid groups (broad SMARTS) is 1. The van der Waals surface area contributed by atoms with Crippen molar-refractivity contribution in [2.24, 2.45) is 4.99 Å². The van der Waals surface area contributed by atoms with Gasteiger partial charge < -0.3 is 10.4 Å². The molecule has 2 heterocycles. The van der Waals surface area contributed by atoms with Crippen molar-refractivity contribution >= 4 is 39.1 Å². The highest BCUT2D eigenvalue weighted by Gasteiger charge is 2.33. The Kier molecular flexibility index (Phi) is 2.60. The lowest BCUT2D eigenvalue weighted by Gasteiger charge is -2.15. The number of aliphatic imine (C=N–C) groups is 1. The summed E-state index contributed by atoms with van der Waals surface area (Å²) >= 11 is 7.83. The number of fused-ring (bicyclic) bond motifs is 3. The van der Waals surface area contributed by atoms with Gasteiger partial charge in [-0.15, -0.1) is 11.3 Å². The van der Waals surface area contributed by atoms with Crippen molar-refractivity contribution < 1.29 is 9.90 Å². The number of rotatable bonds is 2. The third-order valence-corrected chi connectivity index (χ3v) is 4.77. The van der Waals surface area contributed by atoms with Crippen LogP contribution in [0.4, 0.5) is 5.00 Å². The molecule has 0 saturated heterocycles. The second kappa shape index (κ2) is 3.99. The second-order valence-electron chi connectivity index (χ2n) is 4.26. The Morgan fingerprint density at radius 2 is 2.47 bits per heavy atom. The molecule has 17 heavy (non-hydrogen) atoms. The number of halogens is 1. The summed E-state index contributed by atoms with van der Waals surface area (Å²) in [5.41, 5.74) is 2.06. The lowest BCUT2D eigenvalue weighted by Crippen LogP contribution is -2.12. The van der Waals surface area contributed by atoms with E-state index < -0.39 is 5.97 Å². The average molecular weight is 271 g/mol. The lowest BCUT2D eigenvalue weighted by atomic mass is 9.96. The van der Waals surface area contributed by atoms with Crippen LogP contribution in [0.15, 0.2) is 4.99 Å². The van der Waals surface area contributed by atoms with Crippen molar-refractivity contribution in [2.45, 2.75) is 25.2 Å². The number of aliphatic carboxylic acids is 1. The molecule has 4 nitrogen and oxygen atoms in total. The molecule has 1 aromatic heterocycles. The van der Waals surface area contributed by atoms with Gasteiger partial charge in [0.25, 0.3) is 0 Å². The van der Waals surface area contributed by atoms with Crippen LogP contribution in [-0.2, 0) is 11.2 Å². The van der Waals surface area contributed by atoms with Crippen LogP contribution in [-0.4, -0.2) is 22.9 Å². The molecule has 0 saturated carbocycles. The Hall–Kier alpha value is -1.07. The van der Waals surface area contributed by atoms with E-state index >= 15 is 0 Å². The van der Waals surface area contributed by atoms with Crippen LogP contribution in [0, 0.1) is 0 Å². The van der Waals surface area contributed by atoms with Crippen molar-refractivity contribution in [3.63, 3.8) is 0 Å². The average Bonchev–Trinajstić information content (AvgIpc) is 2.78. The van der Waals surface area contributed by atoms with E-state index in [-0.39, 0.29) is 12.3 Å². The summed E-state index contributed by atoms with van der Waals surface area (Å²) in [6.45, 7) is 0.509. The smallest absolute Gasteiger partial charge is 0.303 e. The first kappa shape index (κ1) is 11.0. The van der Waals surface area contributed by atoms with Crippen LogP contribution in [0.1, 0.15) is 34.8 Å². The molecule has 0 amide bonds. The fourth-order valence-corrected chi connectivity index (χ4v) is 4.16. The summed E-state index contributed by atoms with van der Waals surface area (Å²) in [5, 5.41) is 13.7. The molecular weight excluding hydrogens is 260 g/mol. The van der Waals surface area contributed by atoms with Gasteiger partial charge in [-0.05, 0) is 24.3 Å². The van der Waals surface area contributed by atoms with Gasteiger partial charge in [0, 0.05) is 10.4 Å². The van der Waals surface area contributed by atoms with Gasteiger partial charge in [0.15, 0.2) is 0 Å². The summed E-state index contributed by atoms with van der Waals surface area (Å²) in [4.78, 5) is 16.3. The van der Waals surface area contributed by atoms with Gasteiger partial charge in [0.05, 0.1) is 6.42 Å². The number of carbonyl (C=O) groups is 1. The van der Waals surface area contributed by atoms with Crippen molar-refractivity contribution in [1.29, 1.82) is 0 Å². The van der Waals surface area contributed by atoms with E-state index in [2.05, 4.69) is 10.3 Å². The number of thiophene rings is 1. The lowest BCUT2D eigenvalue weighted by molar-refractivity contribution is -0.137. The van der Waals surface area contributed by atoms with E-state index in [1.807, 2.05) is 0 Å². The van der Waals surface area contributed by atoms with Gasteiger partial charge in [0.1, 0.15) is 16.8 Å². The highest BCUT2D eigenvalue weighted by Crippen LogP contribution is 2.47. The number of hydrogen-bond acceptors (Lipinski definition) is 4. The normalized spacial score (nSPS) is 21.5. The summed E-state index contributed by atoms with van der Waals surface area (Å²) in [6, 6.07) is 0. The van der Waals surface area contributed by atoms with Crippen molar-refractivity contribution in [3.8, 4) is 0 Å². The molecule has 1 aliphatic heterocycles. The maximum atomic E-state index is 10.9. The van der Waals surface area contributed by atoms with E-state index in [9.17, 15) is 4.79 Å². The Labute approximate surface area is 107 Å². The topological polar surface area (TPSA) is 61.7 Å². The molecule has 0 aromatic carbocycles. The predicted molar refractivity (Wildman–Crippen MR) is 68.5 cm³/mol. The minimum absolute atomic E-state index is 0.0892. The molecule has 2 aliphatic rings. The first-order valence-electron chi connectivity index (χ1n) is 5.48. The maximum Gasteiger partial charge on any atom is 0.303 e. The quantitative estimate of drug-likeness (QED) is 0.868. The molecule has 0 fully saturated rings. The highest BCUT2D eigenvalue weighted by molar-refractivity contribution is 7.17. The van der Waals surface area contributed by atoms with Gasteiger partial charge in [-0.3, -0.25) is 9.79 Å². The Balaban J connectivity index is 2.06. The molecule has 0 bridgehead atoms. The van der Waals surface area contributed by atoms with Crippen LogP contribution in [0.25, 0.3) is 0 Å². The van der Waals surface area contributed by atoms with Crippen LogP contribution >= 0.6 is 22.9 Å². The van der Waals surface area contributed by atoms with Gasteiger partial charge in [-0.1, -0.05) is 11.6 Å². The zero-order chi connectivity index (χ0) is 12.0. The Bertz CT molecular complexity index is 524. The van der Waals surface area contributed by atoms with Gasteiger partial charge in [-0.25, -0.2) is 0 Å². The monoisotopic (exact) mass is 270 g/mol. The summed E-state index contributed by atoms with van der Waals surface area (Å²) < 4.78 is 0. The number of hydrogen-bond donors (Lipinski definition) is 2. The highest BCUT2D eigenvalue weighted by atomic mass is 35.5. The zero-order valence-corrected chi connectivity index (χ0v) is 10.6. The Morgan fingerprint density at radius 1 is 1.65 bits per heavy atom. The molecule has 1 unspecified atom stereocenters. The third-order valence-electron chi connectivity index (χ3n) is 3.23.